The third-order valence-corrected chi connectivity index (χ3v) is 13.1. The van der Waals surface area contributed by atoms with Crippen LogP contribution in [0.2, 0.25) is 0 Å². The van der Waals surface area contributed by atoms with Crippen molar-refractivity contribution in [2.75, 3.05) is 9.80 Å². The summed E-state index contributed by atoms with van der Waals surface area (Å²) in [5.41, 5.74) is 11.5. The number of ether oxygens (including phenoxy) is 1. The van der Waals surface area contributed by atoms with Crippen molar-refractivity contribution in [2.45, 2.75) is 64.7 Å². The molecule has 0 fully saturated rings. The smallest absolute Gasteiger partial charge is 0.135 e. The minimum absolute atomic E-state index is 0. The van der Waals surface area contributed by atoms with E-state index in [4.69, 9.17) is 9.72 Å². The van der Waals surface area contributed by atoms with Gasteiger partial charge in [-0.2, -0.15) is 6.07 Å². The molecule has 0 saturated heterocycles. The van der Waals surface area contributed by atoms with Crippen molar-refractivity contribution in [2.24, 2.45) is 0 Å². The molecule has 0 N–H and O–H groups in total. The first-order valence-electron chi connectivity index (χ1n) is 22.4. The number of rotatable bonds is 10. The summed E-state index contributed by atoms with van der Waals surface area (Å²) in [5, 5.41) is 2.21. The summed E-state index contributed by atoms with van der Waals surface area (Å²) < 4.78 is 9.09. The van der Waals surface area contributed by atoms with Crippen LogP contribution >= 0.6 is 0 Å². The molecule has 332 valence electrons. The van der Waals surface area contributed by atoms with Crippen molar-refractivity contribution in [1.82, 2.24) is 9.55 Å². The monoisotopic (exact) mass is 1040 g/mol. The number of anilines is 2. The Hall–Kier alpha value is -6.68. The fourth-order valence-electron chi connectivity index (χ4n) is 9.03. The minimum Gasteiger partial charge on any atom is -0.509 e. The Balaban J connectivity index is 0.00000548. The molecule has 7 aromatic carbocycles. The Labute approximate surface area is 404 Å². The number of hydrogen-bond donors (Lipinski definition) is 0. The minimum atomic E-state index is -0.232. The van der Waals surface area contributed by atoms with Gasteiger partial charge < -0.3 is 19.1 Å². The quantitative estimate of drug-likeness (QED) is 0.128. The van der Waals surface area contributed by atoms with Gasteiger partial charge in [0, 0.05) is 66.5 Å². The topological polar surface area (TPSA) is 33.5 Å². The van der Waals surface area contributed by atoms with E-state index in [9.17, 15) is 0 Å². The first-order chi connectivity index (χ1) is 31.3. The molecule has 3 heterocycles. The van der Waals surface area contributed by atoms with Gasteiger partial charge >= 0.3 is 0 Å². The van der Waals surface area contributed by atoms with E-state index in [1.807, 2.05) is 12.3 Å². The summed E-state index contributed by atoms with van der Waals surface area (Å²) in [5.74, 6) is 2.04. The molecule has 1 aliphatic rings. The molecule has 10 rings (SSSR count). The van der Waals surface area contributed by atoms with E-state index in [1.54, 1.807) is 0 Å². The van der Waals surface area contributed by atoms with Crippen LogP contribution in [-0.2, 0) is 37.3 Å². The first kappa shape index (κ1) is 44.5. The van der Waals surface area contributed by atoms with Crippen molar-refractivity contribution in [3.63, 3.8) is 0 Å². The summed E-state index contributed by atoms with van der Waals surface area (Å²) >= 11 is 0. The number of hydrogen-bond acceptors (Lipinski definition) is 4. The Morgan fingerprint density at radius 2 is 1.15 bits per heavy atom. The molecule has 9 aromatic rings. The Bertz CT molecular complexity index is 3200. The summed E-state index contributed by atoms with van der Waals surface area (Å²) in [6, 6.07) is 69.5. The Morgan fingerprint density at radius 1 is 0.530 bits per heavy atom. The van der Waals surface area contributed by atoms with E-state index in [0.717, 1.165) is 55.8 Å². The van der Waals surface area contributed by atoms with E-state index in [1.165, 1.54) is 22.3 Å². The van der Waals surface area contributed by atoms with Crippen LogP contribution in [0.15, 0.2) is 188 Å². The van der Waals surface area contributed by atoms with Crippen LogP contribution in [0.1, 0.15) is 81.8 Å². The first-order valence-corrected chi connectivity index (χ1v) is 22.4. The molecular formula is C60H53N4OPt-3. The van der Waals surface area contributed by atoms with Gasteiger partial charge in [0.2, 0.25) is 0 Å². The third kappa shape index (κ3) is 8.38. The number of pyridine rings is 1. The van der Waals surface area contributed by atoms with Crippen LogP contribution in [0.25, 0.3) is 33.3 Å². The number of nitrogens with zero attached hydrogens (tertiary/aromatic N) is 4. The summed E-state index contributed by atoms with van der Waals surface area (Å²) in [4.78, 5) is 9.41. The number of para-hydroxylation sites is 1. The maximum atomic E-state index is 6.87. The van der Waals surface area contributed by atoms with Gasteiger partial charge in [-0.3, -0.25) is 0 Å². The van der Waals surface area contributed by atoms with Crippen LogP contribution in [0, 0.1) is 18.8 Å². The molecule has 66 heavy (non-hydrogen) atoms. The summed E-state index contributed by atoms with van der Waals surface area (Å²) in [6.07, 6.45) is 4.13. The van der Waals surface area contributed by atoms with Crippen molar-refractivity contribution in [3.8, 4) is 17.3 Å². The largest absolute Gasteiger partial charge is 0.509 e. The second-order valence-electron chi connectivity index (χ2n) is 19.1. The van der Waals surface area contributed by atoms with Crippen LogP contribution in [0.5, 0.6) is 11.5 Å². The molecule has 0 saturated carbocycles. The molecular weight excluding hydrogens is 988 g/mol. The van der Waals surface area contributed by atoms with E-state index in [-0.39, 0.29) is 37.3 Å². The van der Waals surface area contributed by atoms with Gasteiger partial charge in [-0.25, -0.2) is 4.98 Å². The molecule has 5 nitrogen and oxygen atoms in total. The van der Waals surface area contributed by atoms with E-state index in [0.29, 0.717) is 11.5 Å². The zero-order chi connectivity index (χ0) is 44.9. The molecule has 0 radical (unpaired) electrons. The van der Waals surface area contributed by atoms with Crippen molar-refractivity contribution in [3.05, 3.63) is 241 Å². The van der Waals surface area contributed by atoms with Crippen LogP contribution in [0.3, 0.4) is 0 Å². The standard InChI is InChI=1S/C60H53N4O.Pt/c1-58(2,3)47-35-49(63-41-62(40-56(63)42-20-11-8-12-21-42)48-27-19-26-45(34-48)59(4,5)43-22-13-9-14-23-43)38-51(36-47)65-50-30-31-53-52-28-17-18-29-54(52)64(55(53)39-50)57-37-46(32-33-61-57)60(6,7)44-24-15-10-16-25-44;/h8-37,40-41H,1-7H3;/q-3;. The van der Waals surface area contributed by atoms with E-state index in [2.05, 4.69) is 258 Å². The van der Waals surface area contributed by atoms with Gasteiger partial charge in [-0.05, 0) is 75.2 Å². The molecule has 0 spiro atoms. The van der Waals surface area contributed by atoms with Gasteiger partial charge in [0.1, 0.15) is 5.82 Å². The van der Waals surface area contributed by atoms with Gasteiger partial charge in [-0.15, -0.1) is 53.6 Å². The number of aromatic nitrogens is 2. The fourth-order valence-corrected chi connectivity index (χ4v) is 9.03. The summed E-state index contributed by atoms with van der Waals surface area (Å²) in [6.45, 7) is 18.0. The van der Waals surface area contributed by atoms with Crippen molar-refractivity contribution >= 4 is 38.9 Å². The number of benzene rings is 7. The predicted octanol–water partition coefficient (Wildman–Crippen LogP) is 15.0. The van der Waals surface area contributed by atoms with Gasteiger partial charge in [-0.1, -0.05) is 175 Å². The predicted molar refractivity (Wildman–Crippen MR) is 269 cm³/mol. The fraction of sp³-hybridized carbons (Fsp3) is 0.167. The molecule has 1 aliphatic heterocycles. The molecule has 0 aliphatic carbocycles. The molecule has 0 bridgehead atoms. The zero-order valence-electron chi connectivity index (χ0n) is 38.5. The second kappa shape index (κ2) is 17.6. The van der Waals surface area contributed by atoms with Crippen molar-refractivity contribution in [1.29, 1.82) is 0 Å². The summed E-state index contributed by atoms with van der Waals surface area (Å²) in [7, 11) is 0. The van der Waals surface area contributed by atoms with Crippen LogP contribution in [0.4, 0.5) is 11.4 Å². The molecule has 2 aromatic heterocycles. The SMILES string of the molecule is CC(C)(C)c1cc(Oc2[c-]c3c(cc2)c2ccccc2n3-c2cc(C(C)(C)c3ccccc3)ccn2)[c-]c(N2[CH-]N(c3cccc(C(C)(C)c4ccccc4)c3)C=C2c2ccccc2)c1.[Pt]. The van der Waals surface area contributed by atoms with E-state index < -0.39 is 0 Å². The van der Waals surface area contributed by atoms with Gasteiger partial charge in [0.25, 0.3) is 0 Å². The Kier molecular flexibility index (Phi) is 11.9. The van der Waals surface area contributed by atoms with Crippen LogP contribution in [-0.4, -0.2) is 9.55 Å². The molecule has 0 amide bonds. The molecule has 0 atom stereocenters. The normalized spacial score (nSPS) is 13.2. The molecule has 6 heteroatoms. The van der Waals surface area contributed by atoms with Gasteiger partial charge in [0.05, 0.1) is 0 Å². The average Bonchev–Trinajstić information content (AvgIpc) is 3.92. The zero-order valence-corrected chi connectivity index (χ0v) is 40.8. The average molecular weight is 1040 g/mol. The van der Waals surface area contributed by atoms with E-state index >= 15 is 0 Å². The Morgan fingerprint density at radius 3 is 1.83 bits per heavy atom. The van der Waals surface area contributed by atoms with Crippen LogP contribution < -0.4 is 14.5 Å². The maximum Gasteiger partial charge on any atom is 0.135 e. The van der Waals surface area contributed by atoms with Gasteiger partial charge in [0.15, 0.2) is 0 Å². The second-order valence-corrected chi connectivity index (χ2v) is 19.1. The third-order valence-electron chi connectivity index (χ3n) is 13.1. The van der Waals surface area contributed by atoms with Crippen molar-refractivity contribution < 1.29 is 25.8 Å². The molecule has 0 unspecified atom stereocenters. The maximum absolute atomic E-state index is 6.87. The number of fused-ring (bicyclic) bond motifs is 3.